The zero-order valence-electron chi connectivity index (χ0n) is 26.1. The van der Waals surface area contributed by atoms with E-state index in [9.17, 15) is 14.4 Å². The number of carbonyl (C=O) groups excluding carboxylic acids is 3. The summed E-state index contributed by atoms with van der Waals surface area (Å²) in [6.45, 7) is 4.28. The highest BCUT2D eigenvalue weighted by Gasteiger charge is 2.23. The van der Waals surface area contributed by atoms with Crippen molar-refractivity contribution in [1.29, 1.82) is 0 Å². The maximum absolute atomic E-state index is 13.7. The molecule has 0 aliphatic heterocycles. The number of anilines is 2. The highest BCUT2D eigenvalue weighted by atomic mass is 32.2. The molecule has 7 nitrogen and oxygen atoms in total. The van der Waals surface area contributed by atoms with Crippen molar-refractivity contribution >= 4 is 46.9 Å². The number of hydrogen-bond donors (Lipinski definition) is 3. The summed E-state index contributed by atoms with van der Waals surface area (Å²) in [6.07, 6.45) is 1.60. The fourth-order valence-corrected chi connectivity index (χ4v) is 5.86. The van der Waals surface area contributed by atoms with E-state index in [0.717, 1.165) is 21.7 Å². The molecule has 1 unspecified atom stereocenters. The number of benzene rings is 5. The summed E-state index contributed by atoms with van der Waals surface area (Å²) in [7, 11) is 0. The standard InChI is InChI=1S/C39H35N3O4S/c1-3-46-35-24-13-11-20-30(35)25-34(42-37(43)29-18-8-5-9-19-29)38(44)40-31-21-14-22-32(26-31)47-36(28-16-6-4-7-17-28)39(45)41-33-23-12-10-15-27(33)2/h4-26,36H,3H2,1-2H3,(H,40,44)(H,41,45)(H,42,43)/b34-25+. The maximum atomic E-state index is 13.7. The first-order chi connectivity index (χ1) is 22.9. The summed E-state index contributed by atoms with van der Waals surface area (Å²) in [4.78, 5) is 41.3. The van der Waals surface area contributed by atoms with E-state index >= 15 is 0 Å². The van der Waals surface area contributed by atoms with Crippen LogP contribution in [0.3, 0.4) is 0 Å². The maximum Gasteiger partial charge on any atom is 0.272 e. The molecule has 0 aliphatic carbocycles. The molecule has 3 N–H and O–H groups in total. The predicted octanol–water partition coefficient (Wildman–Crippen LogP) is 8.28. The summed E-state index contributed by atoms with van der Waals surface area (Å²) < 4.78 is 5.75. The quantitative estimate of drug-likeness (QED) is 0.0941. The molecule has 0 spiro atoms. The van der Waals surface area contributed by atoms with Gasteiger partial charge in [-0.15, -0.1) is 11.8 Å². The Morgan fingerprint density at radius 1 is 0.766 bits per heavy atom. The highest BCUT2D eigenvalue weighted by molar-refractivity contribution is 8.00. The average molecular weight is 642 g/mol. The zero-order chi connectivity index (χ0) is 33.0. The lowest BCUT2D eigenvalue weighted by Gasteiger charge is -2.18. The number of amides is 3. The van der Waals surface area contributed by atoms with Gasteiger partial charge in [0.1, 0.15) is 16.7 Å². The largest absolute Gasteiger partial charge is 0.493 e. The van der Waals surface area contributed by atoms with Gasteiger partial charge in [-0.2, -0.15) is 0 Å². The second-order valence-corrected chi connectivity index (χ2v) is 11.7. The van der Waals surface area contributed by atoms with Crippen LogP contribution in [0.2, 0.25) is 0 Å². The van der Waals surface area contributed by atoms with Crippen molar-refractivity contribution in [2.45, 2.75) is 24.0 Å². The van der Waals surface area contributed by atoms with Crippen LogP contribution in [-0.2, 0) is 9.59 Å². The van der Waals surface area contributed by atoms with Crippen LogP contribution in [0.1, 0.15) is 39.2 Å². The molecule has 47 heavy (non-hydrogen) atoms. The third-order valence-electron chi connectivity index (χ3n) is 7.14. The number of hydrogen-bond acceptors (Lipinski definition) is 5. The second-order valence-electron chi connectivity index (χ2n) is 10.5. The lowest BCUT2D eigenvalue weighted by molar-refractivity contribution is -0.116. The first-order valence-electron chi connectivity index (χ1n) is 15.2. The first-order valence-corrected chi connectivity index (χ1v) is 16.1. The van der Waals surface area contributed by atoms with Gasteiger partial charge < -0.3 is 20.7 Å². The van der Waals surface area contributed by atoms with Crippen molar-refractivity contribution in [3.63, 3.8) is 0 Å². The third kappa shape index (κ3) is 8.99. The number of para-hydroxylation sites is 2. The lowest BCUT2D eigenvalue weighted by Crippen LogP contribution is -2.30. The number of carbonyl (C=O) groups is 3. The minimum absolute atomic E-state index is 0.0452. The van der Waals surface area contributed by atoms with E-state index in [0.29, 0.717) is 29.2 Å². The molecule has 0 heterocycles. The molecule has 0 bridgehead atoms. The van der Waals surface area contributed by atoms with Gasteiger partial charge in [-0.3, -0.25) is 14.4 Å². The fraction of sp³-hybridized carbons (Fsp3) is 0.103. The summed E-state index contributed by atoms with van der Waals surface area (Å²) in [5.41, 5.74) is 4.17. The number of aryl methyl sites for hydroxylation is 1. The second kappa shape index (κ2) is 16.1. The Hall–Kier alpha value is -5.60. The number of nitrogens with one attached hydrogen (secondary N) is 3. The summed E-state index contributed by atoms with van der Waals surface area (Å²) in [5, 5.41) is 8.22. The van der Waals surface area contributed by atoms with Crippen LogP contribution in [0.15, 0.2) is 144 Å². The number of thioether (sulfide) groups is 1. The Kier molecular flexibility index (Phi) is 11.2. The molecule has 5 aromatic rings. The molecule has 0 saturated heterocycles. The smallest absolute Gasteiger partial charge is 0.272 e. The Morgan fingerprint density at radius 3 is 2.19 bits per heavy atom. The normalized spacial score (nSPS) is 11.7. The molecule has 0 aliphatic rings. The van der Waals surface area contributed by atoms with Gasteiger partial charge in [-0.25, -0.2) is 0 Å². The highest BCUT2D eigenvalue weighted by Crippen LogP contribution is 2.37. The van der Waals surface area contributed by atoms with Crippen molar-refractivity contribution in [1.82, 2.24) is 5.32 Å². The van der Waals surface area contributed by atoms with Crippen LogP contribution >= 0.6 is 11.8 Å². The van der Waals surface area contributed by atoms with E-state index in [-0.39, 0.29) is 11.6 Å². The lowest BCUT2D eigenvalue weighted by atomic mass is 10.1. The molecule has 0 saturated carbocycles. The van der Waals surface area contributed by atoms with Crippen LogP contribution in [0, 0.1) is 6.92 Å². The van der Waals surface area contributed by atoms with Crippen molar-refractivity contribution in [3.8, 4) is 5.75 Å². The molecule has 3 amide bonds. The van der Waals surface area contributed by atoms with Gasteiger partial charge in [0, 0.05) is 27.4 Å². The Morgan fingerprint density at radius 2 is 1.45 bits per heavy atom. The fourth-order valence-electron chi connectivity index (χ4n) is 4.78. The van der Waals surface area contributed by atoms with Crippen molar-refractivity contribution in [2.75, 3.05) is 17.2 Å². The molecule has 5 aromatic carbocycles. The summed E-state index contributed by atoms with van der Waals surface area (Å²) in [6, 6.07) is 40.5. The van der Waals surface area contributed by atoms with Crippen LogP contribution in [0.25, 0.3) is 6.08 Å². The molecule has 0 aromatic heterocycles. The van der Waals surface area contributed by atoms with Crippen molar-refractivity contribution < 1.29 is 19.1 Å². The van der Waals surface area contributed by atoms with Crippen LogP contribution in [0.4, 0.5) is 11.4 Å². The van der Waals surface area contributed by atoms with Gasteiger partial charge in [-0.05, 0) is 73.5 Å². The monoisotopic (exact) mass is 641 g/mol. The van der Waals surface area contributed by atoms with E-state index in [1.807, 2.05) is 117 Å². The molecule has 236 valence electrons. The van der Waals surface area contributed by atoms with Gasteiger partial charge >= 0.3 is 0 Å². The molecule has 0 fully saturated rings. The van der Waals surface area contributed by atoms with Crippen LogP contribution in [-0.4, -0.2) is 24.3 Å². The summed E-state index contributed by atoms with van der Waals surface area (Å²) >= 11 is 1.38. The van der Waals surface area contributed by atoms with Gasteiger partial charge in [0.15, 0.2) is 0 Å². The molecule has 8 heteroatoms. The topological polar surface area (TPSA) is 96.5 Å². The van der Waals surface area contributed by atoms with E-state index < -0.39 is 17.1 Å². The molecular weight excluding hydrogens is 607 g/mol. The SMILES string of the molecule is CCOc1ccccc1/C=C(/NC(=O)c1ccccc1)C(=O)Nc1cccc(SC(C(=O)Nc2ccccc2C)c2ccccc2)c1. The van der Waals surface area contributed by atoms with Gasteiger partial charge in [0.05, 0.1) is 6.61 Å². The Balaban J connectivity index is 1.40. The average Bonchev–Trinajstić information content (AvgIpc) is 3.09. The van der Waals surface area contributed by atoms with Crippen molar-refractivity contribution in [2.24, 2.45) is 0 Å². The van der Waals surface area contributed by atoms with E-state index in [1.54, 1.807) is 36.4 Å². The summed E-state index contributed by atoms with van der Waals surface area (Å²) in [5.74, 6) is -0.509. The number of rotatable bonds is 12. The van der Waals surface area contributed by atoms with E-state index in [1.165, 1.54) is 11.8 Å². The predicted molar refractivity (Wildman–Crippen MR) is 189 cm³/mol. The zero-order valence-corrected chi connectivity index (χ0v) is 26.9. The molecule has 0 radical (unpaired) electrons. The molecule has 5 rings (SSSR count). The van der Waals surface area contributed by atoms with Gasteiger partial charge in [-0.1, -0.05) is 91.0 Å². The van der Waals surface area contributed by atoms with Crippen LogP contribution < -0.4 is 20.7 Å². The molecular formula is C39H35N3O4S. The first kappa shape index (κ1) is 32.8. The van der Waals surface area contributed by atoms with Gasteiger partial charge in [0.25, 0.3) is 11.8 Å². The van der Waals surface area contributed by atoms with Crippen LogP contribution in [0.5, 0.6) is 5.75 Å². The number of ether oxygens (including phenoxy) is 1. The van der Waals surface area contributed by atoms with Crippen molar-refractivity contribution in [3.05, 3.63) is 161 Å². The van der Waals surface area contributed by atoms with E-state index in [4.69, 9.17) is 4.74 Å². The Bertz CT molecular complexity index is 1880. The minimum Gasteiger partial charge on any atom is -0.493 e. The Labute approximate surface area is 279 Å². The molecule has 1 atom stereocenters. The minimum atomic E-state index is -0.558. The third-order valence-corrected chi connectivity index (χ3v) is 8.38. The van der Waals surface area contributed by atoms with E-state index in [2.05, 4.69) is 16.0 Å². The van der Waals surface area contributed by atoms with Gasteiger partial charge in [0.2, 0.25) is 5.91 Å².